The maximum Gasteiger partial charge on any atom is 0.0561 e. The fraction of sp³-hybridized carbons (Fsp3) is 0. The summed E-state index contributed by atoms with van der Waals surface area (Å²) < 4.78 is 5.09. The van der Waals surface area contributed by atoms with Crippen LogP contribution in [0.4, 0.5) is 17.1 Å². The summed E-state index contributed by atoms with van der Waals surface area (Å²) in [6, 6.07) is 75.9. The molecule has 0 amide bonds. The Morgan fingerprint density at radius 1 is 0.333 bits per heavy atom. The lowest BCUT2D eigenvalue weighted by atomic mass is 10.00. The van der Waals surface area contributed by atoms with Gasteiger partial charge in [-0.1, -0.05) is 133 Å². The molecule has 0 saturated carbocycles. The van der Waals surface area contributed by atoms with Crippen molar-refractivity contribution >= 4 is 103 Å². The van der Waals surface area contributed by atoms with E-state index in [4.69, 9.17) is 0 Å². The predicted octanol–water partition coefficient (Wildman–Crippen LogP) is 15.7. The summed E-state index contributed by atoms with van der Waals surface area (Å²) in [5.74, 6) is 0. The molecule has 0 aliphatic heterocycles. The molecule has 0 aliphatic rings. The number of nitrogens with zero attached hydrogens (tertiary/aromatic N) is 2. The number of anilines is 3. The zero-order valence-electron chi connectivity index (χ0n) is 30.9. The van der Waals surface area contributed by atoms with Crippen LogP contribution in [-0.2, 0) is 0 Å². The summed E-state index contributed by atoms with van der Waals surface area (Å²) in [7, 11) is 0. The van der Waals surface area contributed by atoms with Gasteiger partial charge in [0, 0.05) is 53.4 Å². The normalized spacial score (nSPS) is 11.9. The predicted molar refractivity (Wildman–Crippen MR) is 246 cm³/mol. The number of rotatable bonds is 5. The van der Waals surface area contributed by atoms with Gasteiger partial charge in [-0.2, -0.15) is 0 Å². The monoisotopic (exact) mass is 742 g/mol. The highest BCUT2D eigenvalue weighted by atomic mass is 32.1. The summed E-state index contributed by atoms with van der Waals surface area (Å²) >= 11 is 1.87. The van der Waals surface area contributed by atoms with Crippen molar-refractivity contribution in [3.63, 3.8) is 0 Å². The van der Waals surface area contributed by atoms with Crippen LogP contribution < -0.4 is 4.90 Å². The minimum atomic E-state index is 1.11. The molecule has 12 rings (SSSR count). The van der Waals surface area contributed by atoms with Crippen LogP contribution in [0.2, 0.25) is 0 Å². The van der Waals surface area contributed by atoms with Gasteiger partial charge in [-0.05, 0) is 111 Å². The van der Waals surface area contributed by atoms with E-state index in [9.17, 15) is 0 Å². The van der Waals surface area contributed by atoms with Gasteiger partial charge in [0.1, 0.15) is 0 Å². The Hall–Kier alpha value is -7.20. The minimum Gasteiger partial charge on any atom is -0.310 e. The van der Waals surface area contributed by atoms with Gasteiger partial charge in [0.2, 0.25) is 0 Å². The molecular formula is C54H34N2S. The molecular weight excluding hydrogens is 709 g/mol. The van der Waals surface area contributed by atoms with Crippen LogP contribution >= 0.6 is 11.3 Å². The zero-order valence-corrected chi connectivity index (χ0v) is 31.7. The summed E-state index contributed by atoms with van der Waals surface area (Å²) in [4.78, 5) is 2.45. The Bertz CT molecular complexity index is 3530. The maximum atomic E-state index is 2.45. The fourth-order valence-corrected chi connectivity index (χ4v) is 10.1. The van der Waals surface area contributed by atoms with Crippen molar-refractivity contribution in [3.8, 4) is 16.8 Å². The first-order chi connectivity index (χ1) is 28.2. The second-order valence-corrected chi connectivity index (χ2v) is 16.0. The zero-order chi connectivity index (χ0) is 37.5. The average molecular weight is 743 g/mol. The standard InChI is InChI=1S/C54H34N2S/c1-2-14-40(15-3-1)56-51-29-24-38(39-25-30-54-49(32-39)46-18-8-9-20-53(46)57-54)31-48(51)45-28-27-42(34-52(45)56)55(50-19-10-13-35-11-5-7-17-44(35)50)41-26-23-37-22-21-36-12-4-6-16-43(36)47(37)33-41/h1-34H. The Balaban J connectivity index is 1.10. The molecule has 266 valence electrons. The van der Waals surface area contributed by atoms with Crippen molar-refractivity contribution in [3.05, 3.63) is 206 Å². The quantitative estimate of drug-likeness (QED) is 0.159. The first-order valence-electron chi connectivity index (χ1n) is 19.5. The van der Waals surface area contributed by atoms with E-state index in [-0.39, 0.29) is 0 Å². The average Bonchev–Trinajstić information content (AvgIpc) is 3.81. The smallest absolute Gasteiger partial charge is 0.0561 e. The van der Waals surface area contributed by atoms with Crippen LogP contribution in [0.3, 0.4) is 0 Å². The Morgan fingerprint density at radius 2 is 0.947 bits per heavy atom. The maximum absolute atomic E-state index is 2.45. The van der Waals surface area contributed by atoms with Gasteiger partial charge in [0.25, 0.3) is 0 Å². The first-order valence-corrected chi connectivity index (χ1v) is 20.3. The number of benzene rings is 10. The van der Waals surface area contributed by atoms with Crippen LogP contribution in [0.15, 0.2) is 206 Å². The number of thiophene rings is 1. The van der Waals surface area contributed by atoms with Crippen LogP contribution in [0.1, 0.15) is 0 Å². The summed E-state index contributed by atoms with van der Waals surface area (Å²) in [6.45, 7) is 0. The largest absolute Gasteiger partial charge is 0.310 e. The third-order valence-corrected chi connectivity index (χ3v) is 12.9. The molecule has 0 spiro atoms. The van der Waals surface area contributed by atoms with Crippen molar-refractivity contribution in [2.75, 3.05) is 4.90 Å². The Kier molecular flexibility index (Phi) is 7.13. The van der Waals surface area contributed by atoms with Crippen molar-refractivity contribution in [1.29, 1.82) is 0 Å². The van der Waals surface area contributed by atoms with E-state index in [0.29, 0.717) is 0 Å². The molecule has 10 aromatic carbocycles. The van der Waals surface area contributed by atoms with E-state index in [1.54, 1.807) is 0 Å². The molecule has 0 aliphatic carbocycles. The summed E-state index contributed by atoms with van der Waals surface area (Å²) in [6.07, 6.45) is 0. The van der Waals surface area contributed by atoms with Crippen LogP contribution in [0.5, 0.6) is 0 Å². The Labute approximate surface area is 333 Å². The van der Waals surface area contributed by atoms with Gasteiger partial charge >= 0.3 is 0 Å². The number of hydrogen-bond acceptors (Lipinski definition) is 2. The van der Waals surface area contributed by atoms with Crippen molar-refractivity contribution in [1.82, 2.24) is 4.57 Å². The van der Waals surface area contributed by atoms with E-state index in [2.05, 4.69) is 216 Å². The van der Waals surface area contributed by atoms with Crippen LogP contribution in [0, 0.1) is 0 Å². The molecule has 12 aromatic rings. The molecule has 2 heterocycles. The SMILES string of the molecule is c1ccc(-n2c3ccc(-c4ccc5sc6ccccc6c5c4)cc3c3ccc(N(c4ccc5ccc6ccccc6c5c4)c4cccc5ccccc45)cc32)cc1. The van der Waals surface area contributed by atoms with E-state index < -0.39 is 0 Å². The second kappa shape index (κ2) is 12.7. The third kappa shape index (κ3) is 5.10. The third-order valence-electron chi connectivity index (χ3n) is 11.7. The number of fused-ring (bicyclic) bond motifs is 10. The molecule has 3 heteroatoms. The lowest BCUT2D eigenvalue weighted by Crippen LogP contribution is -2.10. The van der Waals surface area contributed by atoms with E-state index in [0.717, 1.165) is 22.7 Å². The van der Waals surface area contributed by atoms with Gasteiger partial charge in [0.15, 0.2) is 0 Å². The Morgan fingerprint density at radius 3 is 1.81 bits per heavy atom. The van der Waals surface area contributed by atoms with Gasteiger partial charge in [-0.25, -0.2) is 0 Å². The van der Waals surface area contributed by atoms with Crippen molar-refractivity contribution < 1.29 is 0 Å². The molecule has 0 N–H and O–H groups in total. The lowest BCUT2D eigenvalue weighted by molar-refractivity contribution is 1.18. The fourth-order valence-electron chi connectivity index (χ4n) is 9.05. The van der Waals surface area contributed by atoms with E-state index >= 15 is 0 Å². The van der Waals surface area contributed by atoms with Crippen molar-refractivity contribution in [2.24, 2.45) is 0 Å². The second-order valence-electron chi connectivity index (χ2n) is 14.9. The van der Waals surface area contributed by atoms with Crippen molar-refractivity contribution in [2.45, 2.75) is 0 Å². The molecule has 0 atom stereocenters. The highest BCUT2D eigenvalue weighted by Crippen LogP contribution is 2.44. The molecule has 0 saturated heterocycles. The number of hydrogen-bond donors (Lipinski definition) is 0. The molecule has 0 bridgehead atoms. The summed E-state index contributed by atoms with van der Waals surface area (Å²) in [5, 5.41) is 12.5. The van der Waals surface area contributed by atoms with Gasteiger partial charge in [-0.3, -0.25) is 0 Å². The molecule has 2 nitrogen and oxygen atoms in total. The first kappa shape index (κ1) is 32.1. The summed E-state index contributed by atoms with van der Waals surface area (Å²) in [5.41, 5.74) is 9.32. The topological polar surface area (TPSA) is 8.17 Å². The molecule has 57 heavy (non-hydrogen) atoms. The molecule has 0 fully saturated rings. The highest BCUT2D eigenvalue weighted by Gasteiger charge is 2.20. The lowest BCUT2D eigenvalue weighted by Gasteiger charge is -2.27. The number of para-hydroxylation sites is 1. The molecule has 2 aromatic heterocycles. The van der Waals surface area contributed by atoms with Gasteiger partial charge in [-0.15, -0.1) is 11.3 Å². The van der Waals surface area contributed by atoms with Gasteiger partial charge in [0.05, 0.1) is 16.7 Å². The number of aromatic nitrogens is 1. The van der Waals surface area contributed by atoms with E-state index in [1.165, 1.54) is 85.4 Å². The minimum absolute atomic E-state index is 1.11. The van der Waals surface area contributed by atoms with E-state index in [1.807, 2.05) is 11.3 Å². The van der Waals surface area contributed by atoms with Crippen LogP contribution in [-0.4, -0.2) is 4.57 Å². The highest BCUT2D eigenvalue weighted by molar-refractivity contribution is 7.25. The van der Waals surface area contributed by atoms with Gasteiger partial charge < -0.3 is 9.47 Å². The van der Waals surface area contributed by atoms with Crippen LogP contribution in [0.25, 0.3) is 91.1 Å². The molecule has 0 unspecified atom stereocenters. The molecule has 0 radical (unpaired) electrons.